The smallest absolute Gasteiger partial charge is 0.211 e. The maximum Gasteiger partial charge on any atom is 0.211 e. The van der Waals surface area contributed by atoms with Gasteiger partial charge in [0.25, 0.3) is 0 Å². The third kappa shape index (κ3) is 2.24. The molecule has 1 aliphatic heterocycles. The minimum Gasteiger partial charge on any atom is -0.372 e. The zero-order valence-corrected chi connectivity index (χ0v) is 6.89. The van der Waals surface area contributed by atoms with Gasteiger partial charge in [-0.25, -0.2) is 12.7 Å². The third-order valence-electron chi connectivity index (χ3n) is 1.43. The molecular formula is C5H11NO3S. The molecule has 1 atom stereocenters. The van der Waals surface area contributed by atoms with Crippen LogP contribution < -0.4 is 0 Å². The minimum atomic E-state index is -3.00. The molecule has 1 aliphatic rings. The first-order chi connectivity index (χ1) is 4.50. The molecule has 10 heavy (non-hydrogen) atoms. The summed E-state index contributed by atoms with van der Waals surface area (Å²) in [6.07, 6.45) is 1.33. The molecule has 1 saturated heterocycles. The van der Waals surface area contributed by atoms with E-state index >= 15 is 0 Å². The molecule has 1 heterocycles. The molecule has 0 saturated carbocycles. The van der Waals surface area contributed by atoms with Gasteiger partial charge in [0, 0.05) is 13.6 Å². The van der Waals surface area contributed by atoms with Gasteiger partial charge in [-0.05, 0) is 0 Å². The van der Waals surface area contributed by atoms with Crippen molar-refractivity contribution >= 4 is 10.0 Å². The van der Waals surface area contributed by atoms with E-state index in [4.69, 9.17) is 4.74 Å². The quantitative estimate of drug-likeness (QED) is 0.518. The molecule has 0 aliphatic carbocycles. The lowest BCUT2D eigenvalue weighted by molar-refractivity contribution is 0.360. The van der Waals surface area contributed by atoms with Gasteiger partial charge in [-0.3, -0.25) is 0 Å². The summed E-state index contributed by atoms with van der Waals surface area (Å²) in [4.78, 5) is 0. The first-order valence-electron chi connectivity index (χ1n) is 3.03. The van der Waals surface area contributed by atoms with Crippen molar-refractivity contribution in [2.24, 2.45) is 0 Å². The van der Waals surface area contributed by atoms with Crippen molar-refractivity contribution in [1.82, 2.24) is 4.31 Å². The first kappa shape index (κ1) is 7.97. The maximum absolute atomic E-state index is 10.8. The average molecular weight is 165 g/mol. The monoisotopic (exact) mass is 165 g/mol. The molecule has 60 valence electrons. The highest BCUT2D eigenvalue weighted by molar-refractivity contribution is 7.88. The van der Waals surface area contributed by atoms with Crippen molar-refractivity contribution in [2.45, 2.75) is 6.10 Å². The Labute approximate surface area is 60.8 Å². The van der Waals surface area contributed by atoms with E-state index in [1.54, 1.807) is 7.05 Å². The predicted molar refractivity (Wildman–Crippen MR) is 37.2 cm³/mol. The van der Waals surface area contributed by atoms with Crippen LogP contribution in [-0.2, 0) is 14.8 Å². The van der Waals surface area contributed by atoms with Gasteiger partial charge in [0.2, 0.25) is 10.0 Å². The fraction of sp³-hybridized carbons (Fsp3) is 1.00. The van der Waals surface area contributed by atoms with Crippen LogP contribution in [0.15, 0.2) is 0 Å². The van der Waals surface area contributed by atoms with Gasteiger partial charge in [-0.1, -0.05) is 0 Å². The molecule has 1 fully saturated rings. The Morgan fingerprint density at radius 3 is 2.50 bits per heavy atom. The Hall–Kier alpha value is -0.130. The second-order valence-corrected chi connectivity index (χ2v) is 4.59. The van der Waals surface area contributed by atoms with E-state index in [1.807, 2.05) is 0 Å². The van der Waals surface area contributed by atoms with Crippen molar-refractivity contribution in [3.8, 4) is 0 Å². The van der Waals surface area contributed by atoms with Crippen molar-refractivity contribution in [1.29, 1.82) is 0 Å². The summed E-state index contributed by atoms with van der Waals surface area (Å²) in [7, 11) is -1.45. The van der Waals surface area contributed by atoms with Gasteiger partial charge in [0.1, 0.15) is 0 Å². The van der Waals surface area contributed by atoms with E-state index in [1.165, 1.54) is 10.6 Å². The van der Waals surface area contributed by atoms with Crippen LogP contribution in [0.4, 0.5) is 0 Å². The third-order valence-corrected chi connectivity index (χ3v) is 2.71. The molecule has 0 radical (unpaired) electrons. The Balaban J connectivity index is 2.40. The van der Waals surface area contributed by atoms with E-state index in [9.17, 15) is 8.42 Å². The van der Waals surface area contributed by atoms with E-state index < -0.39 is 10.0 Å². The predicted octanol–water partition coefficient (Wildman–Crippen LogP) is -0.723. The molecule has 0 N–H and O–H groups in total. The number of sulfonamides is 1. The highest BCUT2D eigenvalue weighted by Crippen LogP contribution is 2.10. The molecule has 1 rings (SSSR count). The molecule has 0 spiro atoms. The Bertz CT molecular complexity index is 207. The van der Waals surface area contributed by atoms with Crippen molar-refractivity contribution in [3.63, 3.8) is 0 Å². The first-order valence-corrected chi connectivity index (χ1v) is 4.88. The summed E-state index contributed by atoms with van der Waals surface area (Å²) >= 11 is 0. The van der Waals surface area contributed by atoms with Gasteiger partial charge >= 0.3 is 0 Å². The zero-order chi connectivity index (χ0) is 7.78. The van der Waals surface area contributed by atoms with E-state index in [-0.39, 0.29) is 6.10 Å². The van der Waals surface area contributed by atoms with Crippen LogP contribution in [0.2, 0.25) is 0 Å². The van der Waals surface area contributed by atoms with Crippen LogP contribution in [-0.4, -0.2) is 45.3 Å². The summed E-state index contributed by atoms with van der Waals surface area (Å²) in [5.74, 6) is 0. The zero-order valence-electron chi connectivity index (χ0n) is 6.07. The molecule has 0 aromatic heterocycles. The number of ether oxygens (including phenoxy) is 1. The highest BCUT2D eigenvalue weighted by Gasteiger charge is 2.26. The molecule has 4 nitrogen and oxygen atoms in total. The Morgan fingerprint density at radius 1 is 1.70 bits per heavy atom. The van der Waals surface area contributed by atoms with E-state index in [0.29, 0.717) is 13.2 Å². The van der Waals surface area contributed by atoms with Crippen LogP contribution in [0.5, 0.6) is 0 Å². The number of rotatable bonds is 3. The number of hydrogen-bond acceptors (Lipinski definition) is 3. The van der Waals surface area contributed by atoms with Crippen molar-refractivity contribution < 1.29 is 13.2 Å². The molecule has 0 aromatic carbocycles. The normalized spacial score (nSPS) is 25.3. The molecule has 1 unspecified atom stereocenters. The summed E-state index contributed by atoms with van der Waals surface area (Å²) in [6.45, 7) is 1.18. The largest absolute Gasteiger partial charge is 0.372 e. The second kappa shape index (κ2) is 2.48. The molecule has 5 heteroatoms. The summed E-state index contributed by atoms with van der Waals surface area (Å²) < 4.78 is 27.7. The lowest BCUT2D eigenvalue weighted by Crippen LogP contribution is -2.29. The summed E-state index contributed by atoms with van der Waals surface area (Å²) in [5, 5.41) is 0. The van der Waals surface area contributed by atoms with Crippen molar-refractivity contribution in [2.75, 3.05) is 26.5 Å². The number of epoxide rings is 1. The van der Waals surface area contributed by atoms with Gasteiger partial charge < -0.3 is 4.74 Å². The Kier molecular flexibility index (Phi) is 1.98. The number of likely N-dealkylation sites (N-methyl/N-ethyl adjacent to an activating group) is 1. The Morgan fingerprint density at radius 2 is 2.20 bits per heavy atom. The van der Waals surface area contributed by atoms with E-state index in [2.05, 4.69) is 0 Å². The molecule has 0 amide bonds. The van der Waals surface area contributed by atoms with Crippen LogP contribution in [0, 0.1) is 0 Å². The minimum absolute atomic E-state index is 0.139. The fourth-order valence-electron chi connectivity index (χ4n) is 0.596. The van der Waals surface area contributed by atoms with Crippen LogP contribution in [0.1, 0.15) is 0 Å². The SMILES string of the molecule is CN(CC1CO1)S(C)(=O)=O. The molecular weight excluding hydrogens is 154 g/mol. The molecule has 0 aromatic rings. The lowest BCUT2D eigenvalue weighted by atomic mass is 10.5. The maximum atomic E-state index is 10.8. The lowest BCUT2D eigenvalue weighted by Gasteiger charge is -2.10. The highest BCUT2D eigenvalue weighted by atomic mass is 32.2. The number of nitrogens with zero attached hydrogens (tertiary/aromatic N) is 1. The van der Waals surface area contributed by atoms with E-state index in [0.717, 1.165) is 0 Å². The van der Waals surface area contributed by atoms with Crippen LogP contribution >= 0.6 is 0 Å². The van der Waals surface area contributed by atoms with Gasteiger partial charge in [0.05, 0.1) is 19.0 Å². The summed E-state index contributed by atoms with van der Waals surface area (Å²) in [6, 6.07) is 0. The van der Waals surface area contributed by atoms with Crippen LogP contribution in [0.25, 0.3) is 0 Å². The standard InChI is InChI=1S/C5H11NO3S/c1-6(10(2,7)8)3-5-4-9-5/h5H,3-4H2,1-2H3. The summed E-state index contributed by atoms with van der Waals surface area (Å²) in [5.41, 5.74) is 0. The second-order valence-electron chi connectivity index (χ2n) is 2.50. The van der Waals surface area contributed by atoms with Gasteiger partial charge in [-0.2, -0.15) is 0 Å². The number of hydrogen-bond donors (Lipinski definition) is 0. The molecule has 0 bridgehead atoms. The topological polar surface area (TPSA) is 49.9 Å². The fourth-order valence-corrected chi connectivity index (χ4v) is 1.03. The van der Waals surface area contributed by atoms with Gasteiger partial charge in [0.15, 0.2) is 0 Å². The van der Waals surface area contributed by atoms with Gasteiger partial charge in [-0.15, -0.1) is 0 Å². The average Bonchev–Trinajstić information content (AvgIpc) is 2.47. The van der Waals surface area contributed by atoms with Crippen LogP contribution in [0.3, 0.4) is 0 Å². The van der Waals surface area contributed by atoms with Crippen molar-refractivity contribution in [3.05, 3.63) is 0 Å².